The predicted octanol–water partition coefficient (Wildman–Crippen LogP) is 2.29. The number of rotatable bonds is 4. The molecule has 0 aromatic rings. The molecule has 1 heterocycles. The Morgan fingerprint density at radius 1 is 0.895 bits per heavy atom. The van der Waals surface area contributed by atoms with Crippen molar-refractivity contribution >= 4 is 28.6 Å². The van der Waals surface area contributed by atoms with Gasteiger partial charge in [-0.2, -0.15) is 0 Å². The Balaban J connectivity index is 2.98. The Bertz CT molecular complexity index is 333. The molecule has 0 amide bonds. The third-order valence-corrected chi connectivity index (χ3v) is 13.4. The molecular weight excluding hydrogens is 280 g/mol. The van der Waals surface area contributed by atoms with E-state index < -0.39 is 16.6 Å². The smallest absolute Gasteiger partial charge is 0.305 e. The van der Waals surface area contributed by atoms with E-state index in [9.17, 15) is 9.59 Å². The maximum absolute atomic E-state index is 11.6. The van der Waals surface area contributed by atoms with Gasteiger partial charge in [-0.3, -0.25) is 9.59 Å². The maximum atomic E-state index is 11.6. The van der Waals surface area contributed by atoms with Crippen molar-refractivity contribution in [1.29, 1.82) is 0 Å². The fourth-order valence-corrected chi connectivity index (χ4v) is 15.6. The second-order valence-corrected chi connectivity index (χ2v) is 14.8. The van der Waals surface area contributed by atoms with Gasteiger partial charge in [-0.25, -0.2) is 0 Å². The molecule has 110 valence electrons. The normalized spacial score (nSPS) is 27.9. The first-order valence-corrected chi connectivity index (χ1v) is 12.4. The number of hydrogen-bond acceptors (Lipinski definition) is 5. The van der Waals surface area contributed by atoms with Crippen LogP contribution >= 0.6 is 0 Å². The Labute approximate surface area is 116 Å². The van der Waals surface area contributed by atoms with Crippen LogP contribution in [-0.2, 0) is 23.2 Å². The predicted molar refractivity (Wildman–Crippen MR) is 76.8 cm³/mol. The highest BCUT2D eigenvalue weighted by Gasteiger charge is 2.57. The summed E-state index contributed by atoms with van der Waals surface area (Å²) in [5.41, 5.74) is 0.251. The van der Waals surface area contributed by atoms with Crippen molar-refractivity contribution in [2.45, 2.75) is 50.1 Å². The summed E-state index contributed by atoms with van der Waals surface area (Å²) >= 11 is 0. The molecule has 19 heavy (non-hydrogen) atoms. The van der Waals surface area contributed by atoms with E-state index in [2.05, 4.69) is 26.2 Å². The zero-order chi connectivity index (χ0) is 14.8. The minimum absolute atomic E-state index is 0.126. The van der Waals surface area contributed by atoms with Crippen LogP contribution in [0.5, 0.6) is 0 Å². The van der Waals surface area contributed by atoms with Crippen LogP contribution in [0.3, 0.4) is 0 Å². The fourth-order valence-electron chi connectivity index (χ4n) is 3.10. The van der Waals surface area contributed by atoms with Gasteiger partial charge in [0.2, 0.25) is 0 Å². The topological polar surface area (TPSA) is 61.8 Å². The van der Waals surface area contributed by atoms with Gasteiger partial charge in [0.05, 0.1) is 14.2 Å². The number of ether oxygens (including phenoxy) is 2. The molecule has 1 aliphatic heterocycles. The van der Waals surface area contributed by atoms with E-state index in [4.69, 9.17) is 13.6 Å². The molecule has 0 spiro atoms. The highest BCUT2D eigenvalue weighted by Crippen LogP contribution is 2.53. The van der Waals surface area contributed by atoms with E-state index >= 15 is 0 Å². The summed E-state index contributed by atoms with van der Waals surface area (Å²) in [5.74, 6) is -0.452. The van der Waals surface area contributed by atoms with Crippen LogP contribution in [0.15, 0.2) is 0 Å². The summed E-state index contributed by atoms with van der Waals surface area (Å²) in [6, 6.07) is 0. The van der Waals surface area contributed by atoms with Gasteiger partial charge < -0.3 is 13.6 Å². The number of carbonyl (C=O) groups excluding carboxylic acids is 2. The summed E-state index contributed by atoms with van der Waals surface area (Å²) in [6.07, 6.45) is 0.682. The molecule has 0 unspecified atom stereocenters. The van der Waals surface area contributed by atoms with E-state index in [1.807, 2.05) is 0 Å². The quantitative estimate of drug-likeness (QED) is 0.589. The molecule has 0 N–H and O–H groups in total. The lowest BCUT2D eigenvalue weighted by molar-refractivity contribution is -0.142. The molecule has 0 aromatic carbocycles. The van der Waals surface area contributed by atoms with Gasteiger partial charge in [-0.15, -0.1) is 0 Å². The Morgan fingerprint density at radius 3 is 1.47 bits per heavy atom. The summed E-state index contributed by atoms with van der Waals surface area (Å²) < 4.78 is 15.9. The maximum Gasteiger partial charge on any atom is 0.305 e. The van der Waals surface area contributed by atoms with Crippen molar-refractivity contribution in [3.05, 3.63) is 0 Å². The molecule has 7 heteroatoms. The van der Waals surface area contributed by atoms with E-state index in [1.165, 1.54) is 14.2 Å². The second kappa shape index (κ2) is 5.76. The van der Waals surface area contributed by atoms with Gasteiger partial charge in [-0.1, -0.05) is 0 Å². The number of methoxy groups -OCH3 is 2. The molecule has 0 saturated carbocycles. The third kappa shape index (κ3) is 3.67. The van der Waals surface area contributed by atoms with Crippen LogP contribution < -0.4 is 0 Å². The number of esters is 2. The van der Waals surface area contributed by atoms with Crippen molar-refractivity contribution in [2.75, 3.05) is 14.2 Å². The van der Waals surface area contributed by atoms with Crippen molar-refractivity contribution in [3.8, 4) is 0 Å². The molecule has 0 aromatic heterocycles. The van der Waals surface area contributed by atoms with Crippen LogP contribution in [-0.4, -0.2) is 42.8 Å². The summed E-state index contributed by atoms with van der Waals surface area (Å²) in [4.78, 5) is 23.2. The number of carbonyl (C=O) groups is 2. The van der Waals surface area contributed by atoms with E-state index in [0.717, 1.165) is 0 Å². The van der Waals surface area contributed by atoms with Crippen LogP contribution in [0.25, 0.3) is 0 Å². The van der Waals surface area contributed by atoms with Crippen LogP contribution in [0.4, 0.5) is 0 Å². The Morgan fingerprint density at radius 2 is 1.21 bits per heavy atom. The molecule has 1 aliphatic rings. The van der Waals surface area contributed by atoms with Gasteiger partial charge in [0.25, 0.3) is 0 Å². The van der Waals surface area contributed by atoms with Crippen LogP contribution in [0.2, 0.25) is 37.3 Å². The highest BCUT2D eigenvalue weighted by molar-refractivity contribution is 6.91. The van der Waals surface area contributed by atoms with Gasteiger partial charge in [0.1, 0.15) is 0 Å². The molecule has 5 nitrogen and oxygen atoms in total. The molecule has 1 fully saturated rings. The molecular formula is C12H24O5Si2. The first-order chi connectivity index (χ1) is 8.64. The van der Waals surface area contributed by atoms with E-state index in [-0.39, 0.29) is 23.0 Å². The molecule has 0 radical (unpaired) electrons. The Hall–Kier alpha value is -0.666. The van der Waals surface area contributed by atoms with Crippen molar-refractivity contribution in [1.82, 2.24) is 0 Å². The minimum Gasteiger partial charge on any atom is -0.469 e. The van der Waals surface area contributed by atoms with Crippen molar-refractivity contribution in [2.24, 2.45) is 0 Å². The summed E-state index contributed by atoms with van der Waals surface area (Å²) in [7, 11) is -1.16. The van der Waals surface area contributed by atoms with Gasteiger partial charge in [0, 0.05) is 12.8 Å². The number of hydrogen-bond donors (Lipinski definition) is 0. The van der Waals surface area contributed by atoms with E-state index in [0.29, 0.717) is 12.8 Å². The van der Waals surface area contributed by atoms with Crippen molar-refractivity contribution < 1.29 is 23.2 Å². The molecule has 1 saturated heterocycles. The lowest BCUT2D eigenvalue weighted by Crippen LogP contribution is -2.36. The van der Waals surface area contributed by atoms with Crippen LogP contribution in [0, 0.1) is 0 Å². The second-order valence-electron chi connectivity index (χ2n) is 6.08. The average Bonchev–Trinajstić information content (AvgIpc) is 2.46. The zero-order valence-electron chi connectivity index (χ0n) is 12.6. The summed E-state index contributed by atoms with van der Waals surface area (Å²) in [6.45, 7) is 8.47. The highest BCUT2D eigenvalue weighted by atomic mass is 28.4. The minimum atomic E-state index is -1.97. The zero-order valence-corrected chi connectivity index (χ0v) is 14.6. The first-order valence-electron chi connectivity index (χ1n) is 6.48. The third-order valence-electron chi connectivity index (χ3n) is 4.03. The lowest BCUT2D eigenvalue weighted by atomic mass is 10.1. The van der Waals surface area contributed by atoms with E-state index in [1.54, 1.807) is 0 Å². The fraction of sp³-hybridized carbons (Fsp3) is 0.833. The molecule has 2 atom stereocenters. The first kappa shape index (κ1) is 16.4. The van der Waals surface area contributed by atoms with Crippen LogP contribution in [0.1, 0.15) is 12.8 Å². The van der Waals surface area contributed by atoms with Gasteiger partial charge in [-0.05, 0) is 37.3 Å². The summed E-state index contributed by atoms with van der Waals surface area (Å²) in [5, 5.41) is 0. The monoisotopic (exact) mass is 304 g/mol. The largest absolute Gasteiger partial charge is 0.469 e. The molecule has 0 bridgehead atoms. The lowest BCUT2D eigenvalue weighted by Gasteiger charge is -2.26. The average molecular weight is 304 g/mol. The molecule has 1 rings (SSSR count). The Kier molecular flexibility index (Phi) is 4.97. The SMILES string of the molecule is COC(=O)C[C@@H]1[C@H](CC(=O)OC)[Si](C)(C)O[Si]1(C)C. The standard InChI is InChI=1S/C12H24O5Si2/c1-15-11(13)7-9-10(8-12(14)16-2)19(5,6)17-18(9,3)4/h9-10H,7-8H2,1-6H3/t9-,10+. The van der Waals surface area contributed by atoms with Crippen molar-refractivity contribution in [3.63, 3.8) is 0 Å². The van der Waals surface area contributed by atoms with Gasteiger partial charge >= 0.3 is 11.9 Å². The molecule has 0 aliphatic carbocycles. The van der Waals surface area contributed by atoms with Gasteiger partial charge in [0.15, 0.2) is 16.6 Å².